The fourth-order valence-corrected chi connectivity index (χ4v) is 2.34. The number of rotatable bonds is 2. The fourth-order valence-electron chi connectivity index (χ4n) is 2.12. The van der Waals surface area contributed by atoms with E-state index in [0.29, 0.717) is 21.5 Å². The molecule has 0 spiro atoms. The number of halogens is 2. The second-order valence-electron chi connectivity index (χ2n) is 4.38. The molecule has 0 bridgehead atoms. The molecule has 1 aromatic heterocycles. The van der Waals surface area contributed by atoms with Crippen LogP contribution >= 0.6 is 11.6 Å². The van der Waals surface area contributed by atoms with E-state index in [0.717, 1.165) is 0 Å². The van der Waals surface area contributed by atoms with Gasteiger partial charge in [0.1, 0.15) is 5.82 Å². The SMILES string of the molecule is O=c1cnn(Cc2c(F)cccc2Cl)c2ccccc12. The molecule has 0 atom stereocenters. The zero-order valence-electron chi connectivity index (χ0n) is 10.4. The maximum Gasteiger partial charge on any atom is 0.207 e. The maximum absolute atomic E-state index is 13.8. The average molecular weight is 289 g/mol. The molecule has 0 amide bonds. The van der Waals surface area contributed by atoms with E-state index in [1.165, 1.54) is 12.3 Å². The van der Waals surface area contributed by atoms with Crippen molar-refractivity contribution in [3.8, 4) is 0 Å². The molecule has 20 heavy (non-hydrogen) atoms. The standard InChI is InChI=1S/C15H10ClFN2O/c16-12-5-3-6-13(17)11(12)9-19-14-7-2-1-4-10(14)15(20)8-18-19/h1-8H,9H2. The molecule has 0 aliphatic heterocycles. The summed E-state index contributed by atoms with van der Waals surface area (Å²) in [5.41, 5.74) is 0.853. The van der Waals surface area contributed by atoms with Gasteiger partial charge in [0.05, 0.1) is 18.3 Å². The van der Waals surface area contributed by atoms with Gasteiger partial charge in [-0.1, -0.05) is 29.8 Å². The van der Waals surface area contributed by atoms with E-state index in [4.69, 9.17) is 11.6 Å². The molecular formula is C15H10ClFN2O. The number of nitrogens with zero attached hydrogens (tertiary/aromatic N) is 2. The third kappa shape index (κ3) is 2.18. The van der Waals surface area contributed by atoms with Crippen molar-refractivity contribution < 1.29 is 4.39 Å². The molecule has 100 valence electrons. The van der Waals surface area contributed by atoms with Gasteiger partial charge in [-0.05, 0) is 24.3 Å². The van der Waals surface area contributed by atoms with Crippen LogP contribution in [0, 0.1) is 5.82 Å². The third-order valence-electron chi connectivity index (χ3n) is 3.13. The van der Waals surface area contributed by atoms with Crippen LogP contribution in [0.4, 0.5) is 4.39 Å². The largest absolute Gasteiger partial charge is 0.287 e. The quantitative estimate of drug-likeness (QED) is 0.725. The number of para-hydroxylation sites is 1. The topological polar surface area (TPSA) is 34.9 Å². The molecule has 3 rings (SSSR count). The normalized spacial score (nSPS) is 10.9. The number of benzene rings is 2. The van der Waals surface area contributed by atoms with Crippen LogP contribution in [0.1, 0.15) is 5.56 Å². The Hall–Kier alpha value is -2.20. The zero-order chi connectivity index (χ0) is 14.1. The minimum atomic E-state index is -0.387. The first-order valence-electron chi connectivity index (χ1n) is 6.04. The molecule has 5 heteroatoms. The third-order valence-corrected chi connectivity index (χ3v) is 3.49. The van der Waals surface area contributed by atoms with Gasteiger partial charge < -0.3 is 0 Å². The van der Waals surface area contributed by atoms with Crippen LogP contribution in [0.3, 0.4) is 0 Å². The van der Waals surface area contributed by atoms with E-state index in [1.54, 1.807) is 35.0 Å². The highest BCUT2D eigenvalue weighted by Crippen LogP contribution is 2.21. The maximum atomic E-state index is 13.8. The monoisotopic (exact) mass is 288 g/mol. The van der Waals surface area contributed by atoms with Gasteiger partial charge in [0.15, 0.2) is 0 Å². The van der Waals surface area contributed by atoms with E-state index in [2.05, 4.69) is 5.10 Å². The molecule has 0 saturated heterocycles. The van der Waals surface area contributed by atoms with Crippen LogP contribution in [0.5, 0.6) is 0 Å². The average Bonchev–Trinajstić information content (AvgIpc) is 2.46. The molecule has 0 N–H and O–H groups in total. The van der Waals surface area contributed by atoms with Crippen molar-refractivity contribution in [3.05, 3.63) is 75.3 Å². The van der Waals surface area contributed by atoms with Crippen LogP contribution in [0.25, 0.3) is 10.9 Å². The first-order valence-corrected chi connectivity index (χ1v) is 6.42. The Bertz CT molecular complexity index is 824. The van der Waals surface area contributed by atoms with Gasteiger partial charge in [0.25, 0.3) is 0 Å². The second kappa shape index (κ2) is 5.06. The van der Waals surface area contributed by atoms with Gasteiger partial charge in [-0.15, -0.1) is 0 Å². The molecular weight excluding hydrogens is 279 g/mol. The Labute approximate surface area is 119 Å². The Morgan fingerprint density at radius 3 is 2.75 bits per heavy atom. The zero-order valence-corrected chi connectivity index (χ0v) is 11.1. The number of hydrogen-bond acceptors (Lipinski definition) is 2. The van der Waals surface area contributed by atoms with Gasteiger partial charge in [-0.3, -0.25) is 9.48 Å². The van der Waals surface area contributed by atoms with Gasteiger partial charge in [-0.25, -0.2) is 4.39 Å². The summed E-state index contributed by atoms with van der Waals surface area (Å²) >= 11 is 6.02. The lowest BCUT2D eigenvalue weighted by molar-refractivity contribution is 0.588. The molecule has 3 nitrogen and oxygen atoms in total. The van der Waals surface area contributed by atoms with Gasteiger partial charge in [-0.2, -0.15) is 5.10 Å². The Morgan fingerprint density at radius 1 is 1.15 bits per heavy atom. The summed E-state index contributed by atoms with van der Waals surface area (Å²) in [6.45, 7) is 0.173. The highest BCUT2D eigenvalue weighted by molar-refractivity contribution is 6.31. The Morgan fingerprint density at radius 2 is 1.95 bits per heavy atom. The summed E-state index contributed by atoms with van der Waals surface area (Å²) in [6.07, 6.45) is 1.23. The van der Waals surface area contributed by atoms with Gasteiger partial charge in [0, 0.05) is 16.0 Å². The van der Waals surface area contributed by atoms with Gasteiger partial charge >= 0.3 is 0 Å². The van der Waals surface area contributed by atoms with Crippen molar-refractivity contribution in [3.63, 3.8) is 0 Å². The van der Waals surface area contributed by atoms with Crippen molar-refractivity contribution in [2.24, 2.45) is 0 Å². The summed E-state index contributed by atoms with van der Waals surface area (Å²) in [6, 6.07) is 11.6. The summed E-state index contributed by atoms with van der Waals surface area (Å²) in [7, 11) is 0. The molecule has 3 aromatic rings. The van der Waals surface area contributed by atoms with Crippen LogP contribution in [-0.2, 0) is 6.54 Å². The van der Waals surface area contributed by atoms with Gasteiger partial charge in [0.2, 0.25) is 5.43 Å². The molecule has 0 radical (unpaired) electrons. The van der Waals surface area contributed by atoms with Crippen LogP contribution in [0.15, 0.2) is 53.5 Å². The molecule has 0 aliphatic carbocycles. The lowest BCUT2D eigenvalue weighted by atomic mass is 10.2. The van der Waals surface area contributed by atoms with Crippen molar-refractivity contribution in [1.82, 2.24) is 9.78 Å². The van der Waals surface area contributed by atoms with Crippen molar-refractivity contribution in [1.29, 1.82) is 0 Å². The molecule has 0 fully saturated rings. The van der Waals surface area contributed by atoms with Crippen LogP contribution < -0.4 is 5.43 Å². The van der Waals surface area contributed by atoms with E-state index in [-0.39, 0.29) is 17.8 Å². The molecule has 0 unspecified atom stereocenters. The van der Waals surface area contributed by atoms with E-state index in [1.807, 2.05) is 6.07 Å². The minimum Gasteiger partial charge on any atom is -0.287 e. The van der Waals surface area contributed by atoms with E-state index < -0.39 is 0 Å². The van der Waals surface area contributed by atoms with E-state index >= 15 is 0 Å². The fraction of sp³-hybridized carbons (Fsp3) is 0.0667. The summed E-state index contributed by atoms with van der Waals surface area (Å²) in [5.74, 6) is -0.387. The second-order valence-corrected chi connectivity index (χ2v) is 4.79. The van der Waals surface area contributed by atoms with Crippen LogP contribution in [0.2, 0.25) is 5.02 Å². The van der Waals surface area contributed by atoms with Crippen molar-refractivity contribution in [2.45, 2.75) is 6.54 Å². The molecule has 0 saturated carbocycles. The number of aromatic nitrogens is 2. The summed E-state index contributed by atoms with van der Waals surface area (Å²) in [4.78, 5) is 11.7. The molecule has 0 aliphatic rings. The first kappa shape index (κ1) is 12.8. The van der Waals surface area contributed by atoms with Crippen molar-refractivity contribution in [2.75, 3.05) is 0 Å². The first-order chi connectivity index (χ1) is 9.66. The molecule has 2 aromatic carbocycles. The molecule has 1 heterocycles. The number of fused-ring (bicyclic) bond motifs is 1. The predicted molar refractivity (Wildman–Crippen MR) is 76.5 cm³/mol. The lowest BCUT2D eigenvalue weighted by Gasteiger charge is -2.11. The lowest BCUT2D eigenvalue weighted by Crippen LogP contribution is -2.13. The Kier molecular flexibility index (Phi) is 3.24. The predicted octanol–water partition coefficient (Wildman–Crippen LogP) is 3.24. The van der Waals surface area contributed by atoms with E-state index in [9.17, 15) is 9.18 Å². The van der Waals surface area contributed by atoms with Crippen LogP contribution in [-0.4, -0.2) is 9.78 Å². The van der Waals surface area contributed by atoms with Crippen molar-refractivity contribution >= 4 is 22.5 Å². The number of hydrogen-bond donors (Lipinski definition) is 0. The summed E-state index contributed by atoms with van der Waals surface area (Å²) in [5, 5.41) is 4.96. The highest BCUT2D eigenvalue weighted by Gasteiger charge is 2.10. The minimum absolute atomic E-state index is 0.156. The smallest absolute Gasteiger partial charge is 0.207 e. The Balaban J connectivity index is 2.17. The highest BCUT2D eigenvalue weighted by atomic mass is 35.5. The summed E-state index contributed by atoms with van der Waals surface area (Å²) < 4.78 is 15.4.